The number of rotatable bonds is 2. The van der Waals surface area contributed by atoms with Crippen LogP contribution in [-0.2, 0) is 5.41 Å². The van der Waals surface area contributed by atoms with Crippen molar-refractivity contribution in [3.05, 3.63) is 64.1 Å². The van der Waals surface area contributed by atoms with E-state index >= 15 is 0 Å². The van der Waals surface area contributed by atoms with Crippen LogP contribution in [0, 0.1) is 6.92 Å². The van der Waals surface area contributed by atoms with Gasteiger partial charge in [0.25, 0.3) is 0 Å². The van der Waals surface area contributed by atoms with Gasteiger partial charge in [0.2, 0.25) is 0 Å². The lowest BCUT2D eigenvalue weighted by Gasteiger charge is -2.21. The molecule has 1 aliphatic carbocycles. The molecule has 0 spiro atoms. The SMILES string of the molecule is Cc1cc(C2(C(F)(F)F)CC2)ccc1-c1cc(=O)c2cnccc2[nH]1.[HH]. The van der Waals surface area contributed by atoms with E-state index in [1.54, 1.807) is 31.3 Å². The summed E-state index contributed by atoms with van der Waals surface area (Å²) in [5.41, 5.74) is 1.09. The maximum Gasteiger partial charge on any atom is 0.398 e. The summed E-state index contributed by atoms with van der Waals surface area (Å²) in [4.78, 5) is 19.3. The van der Waals surface area contributed by atoms with Gasteiger partial charge >= 0.3 is 6.18 Å². The largest absolute Gasteiger partial charge is 0.398 e. The summed E-state index contributed by atoms with van der Waals surface area (Å²) >= 11 is 0. The van der Waals surface area contributed by atoms with Crippen LogP contribution in [0.2, 0.25) is 0 Å². The minimum atomic E-state index is -4.23. The number of nitrogens with one attached hydrogen (secondary N) is 1. The van der Waals surface area contributed by atoms with Crippen molar-refractivity contribution in [1.82, 2.24) is 9.97 Å². The van der Waals surface area contributed by atoms with Gasteiger partial charge in [0.15, 0.2) is 5.43 Å². The summed E-state index contributed by atoms with van der Waals surface area (Å²) in [6.45, 7) is 1.76. The Morgan fingerprint density at radius 2 is 1.96 bits per heavy atom. The number of halogens is 3. The lowest BCUT2D eigenvalue weighted by atomic mass is 9.91. The number of aromatic amines is 1. The zero-order chi connectivity index (χ0) is 17.8. The van der Waals surface area contributed by atoms with Crippen LogP contribution in [0.4, 0.5) is 13.2 Å². The van der Waals surface area contributed by atoms with E-state index in [4.69, 9.17) is 0 Å². The van der Waals surface area contributed by atoms with Gasteiger partial charge < -0.3 is 4.98 Å². The van der Waals surface area contributed by atoms with Crippen LogP contribution < -0.4 is 5.43 Å². The van der Waals surface area contributed by atoms with Crippen molar-refractivity contribution < 1.29 is 14.6 Å². The third kappa shape index (κ3) is 2.44. The fraction of sp³-hybridized carbons (Fsp3) is 0.263. The molecule has 4 rings (SSSR count). The van der Waals surface area contributed by atoms with Crippen LogP contribution in [-0.4, -0.2) is 16.1 Å². The molecular formula is C19H17F3N2O. The molecule has 1 fully saturated rings. The monoisotopic (exact) mass is 346 g/mol. The molecule has 1 aliphatic rings. The number of aromatic nitrogens is 2. The van der Waals surface area contributed by atoms with Crippen molar-refractivity contribution in [3.63, 3.8) is 0 Å². The van der Waals surface area contributed by atoms with Gasteiger partial charge in [-0.1, -0.05) is 18.2 Å². The first-order valence-corrected chi connectivity index (χ1v) is 7.97. The van der Waals surface area contributed by atoms with Gasteiger partial charge in [-0.15, -0.1) is 0 Å². The molecule has 0 saturated heterocycles. The number of fused-ring (bicyclic) bond motifs is 1. The molecular weight excluding hydrogens is 329 g/mol. The number of hydrogen-bond acceptors (Lipinski definition) is 2. The van der Waals surface area contributed by atoms with Gasteiger partial charge in [0, 0.05) is 31.1 Å². The summed E-state index contributed by atoms with van der Waals surface area (Å²) in [7, 11) is 0. The third-order valence-electron chi connectivity index (χ3n) is 4.99. The van der Waals surface area contributed by atoms with E-state index in [0.717, 1.165) is 5.56 Å². The maximum absolute atomic E-state index is 13.3. The maximum atomic E-state index is 13.3. The Labute approximate surface area is 143 Å². The second-order valence-electron chi connectivity index (χ2n) is 6.58. The molecule has 0 amide bonds. The van der Waals surface area contributed by atoms with Crippen molar-refractivity contribution in [2.75, 3.05) is 0 Å². The predicted octanol–water partition coefficient (Wildman–Crippen LogP) is 4.74. The minimum absolute atomic E-state index is 0. The Morgan fingerprint density at radius 1 is 1.20 bits per heavy atom. The van der Waals surface area contributed by atoms with Crippen molar-refractivity contribution in [2.45, 2.75) is 31.4 Å². The van der Waals surface area contributed by atoms with Gasteiger partial charge in [-0.05, 0) is 37.0 Å². The lowest BCUT2D eigenvalue weighted by Crippen LogP contribution is -2.28. The number of aryl methyl sites for hydroxylation is 1. The molecule has 0 bridgehead atoms. The summed E-state index contributed by atoms with van der Waals surface area (Å²) in [5.74, 6) is 0. The van der Waals surface area contributed by atoms with E-state index in [2.05, 4.69) is 9.97 Å². The molecule has 6 heteroatoms. The van der Waals surface area contributed by atoms with E-state index in [-0.39, 0.29) is 19.7 Å². The first kappa shape index (κ1) is 15.9. The molecule has 0 radical (unpaired) electrons. The molecule has 25 heavy (non-hydrogen) atoms. The summed E-state index contributed by atoms with van der Waals surface area (Å²) in [6, 6.07) is 7.94. The van der Waals surface area contributed by atoms with E-state index in [0.29, 0.717) is 27.7 Å². The first-order chi connectivity index (χ1) is 11.8. The van der Waals surface area contributed by atoms with Crippen LogP contribution >= 0.6 is 0 Å². The molecule has 0 aliphatic heterocycles. The van der Waals surface area contributed by atoms with Gasteiger partial charge in [0.1, 0.15) is 0 Å². The predicted molar refractivity (Wildman–Crippen MR) is 91.6 cm³/mol. The molecule has 0 atom stereocenters. The van der Waals surface area contributed by atoms with E-state index in [1.165, 1.54) is 18.3 Å². The second kappa shape index (κ2) is 5.18. The van der Waals surface area contributed by atoms with E-state index in [1.807, 2.05) is 0 Å². The normalized spacial score (nSPS) is 16.2. The van der Waals surface area contributed by atoms with E-state index < -0.39 is 11.6 Å². The van der Waals surface area contributed by atoms with Crippen molar-refractivity contribution in [1.29, 1.82) is 0 Å². The van der Waals surface area contributed by atoms with Gasteiger partial charge in [-0.25, -0.2) is 0 Å². The average molecular weight is 346 g/mol. The number of hydrogen-bond donors (Lipinski definition) is 1. The smallest absolute Gasteiger partial charge is 0.354 e. The van der Waals surface area contributed by atoms with Gasteiger partial charge in [-0.2, -0.15) is 13.2 Å². The molecule has 3 nitrogen and oxygen atoms in total. The molecule has 1 N–H and O–H groups in total. The molecule has 3 aromatic rings. The fourth-order valence-electron chi connectivity index (χ4n) is 3.36. The Balaban J connectivity index is 0.00000196. The van der Waals surface area contributed by atoms with Crippen LogP contribution in [0.1, 0.15) is 25.4 Å². The number of benzene rings is 1. The van der Waals surface area contributed by atoms with Crippen LogP contribution in [0.15, 0.2) is 47.5 Å². The Kier molecular flexibility index (Phi) is 3.29. The third-order valence-corrected chi connectivity index (χ3v) is 4.99. The van der Waals surface area contributed by atoms with Crippen LogP contribution in [0.3, 0.4) is 0 Å². The quantitative estimate of drug-likeness (QED) is 0.728. The summed E-state index contributed by atoms with van der Waals surface area (Å²) in [6.07, 6.45) is -0.887. The minimum Gasteiger partial charge on any atom is -0.354 e. The fourth-order valence-corrected chi connectivity index (χ4v) is 3.36. The number of alkyl halides is 3. The Bertz CT molecular complexity index is 1040. The molecule has 1 aromatic carbocycles. The van der Waals surface area contributed by atoms with Crippen LogP contribution in [0.5, 0.6) is 0 Å². The number of pyridine rings is 2. The Hall–Kier alpha value is -2.63. The molecule has 130 valence electrons. The highest BCUT2D eigenvalue weighted by Crippen LogP contribution is 2.59. The van der Waals surface area contributed by atoms with Crippen molar-refractivity contribution in [2.24, 2.45) is 0 Å². The first-order valence-electron chi connectivity index (χ1n) is 7.97. The highest BCUT2D eigenvalue weighted by Gasteiger charge is 2.64. The highest BCUT2D eigenvalue weighted by atomic mass is 19.4. The highest BCUT2D eigenvalue weighted by molar-refractivity contribution is 5.81. The topological polar surface area (TPSA) is 45.8 Å². The second-order valence-corrected chi connectivity index (χ2v) is 6.58. The average Bonchev–Trinajstić information content (AvgIpc) is 3.36. The molecule has 0 unspecified atom stereocenters. The van der Waals surface area contributed by atoms with Crippen molar-refractivity contribution in [3.8, 4) is 11.3 Å². The number of H-pyrrole nitrogens is 1. The standard InChI is InChI=1S/C19H15F3N2O.H2/c1-11-8-12(18(5-6-18)19(20,21)22)2-3-13(11)16-9-17(25)14-10-23-7-4-15(14)24-16;/h2-4,7-10H,5-6H2,1H3,(H,24,25);1H. The zero-order valence-corrected chi connectivity index (χ0v) is 13.4. The summed E-state index contributed by atoms with van der Waals surface area (Å²) in [5, 5.41) is 0.481. The molecule has 2 heterocycles. The molecule has 2 aromatic heterocycles. The van der Waals surface area contributed by atoms with Crippen molar-refractivity contribution >= 4 is 10.9 Å². The molecule has 1 saturated carbocycles. The number of nitrogens with zero attached hydrogens (tertiary/aromatic N) is 1. The van der Waals surface area contributed by atoms with Gasteiger partial charge in [-0.3, -0.25) is 9.78 Å². The Morgan fingerprint density at radius 3 is 2.60 bits per heavy atom. The summed E-state index contributed by atoms with van der Waals surface area (Å²) < 4.78 is 39.9. The lowest BCUT2D eigenvalue weighted by molar-refractivity contribution is -0.160. The van der Waals surface area contributed by atoms with Crippen LogP contribution in [0.25, 0.3) is 22.2 Å². The van der Waals surface area contributed by atoms with Gasteiger partial charge in [0.05, 0.1) is 16.3 Å². The zero-order valence-electron chi connectivity index (χ0n) is 13.4. The van der Waals surface area contributed by atoms with E-state index in [9.17, 15) is 18.0 Å².